The average Bonchev–Trinajstić information content (AvgIpc) is 2.01. The van der Waals surface area contributed by atoms with E-state index in [0.717, 1.165) is 0 Å². The van der Waals surface area contributed by atoms with Gasteiger partial charge in [-0.3, -0.25) is 4.79 Å². The summed E-state index contributed by atoms with van der Waals surface area (Å²) in [6.45, 7) is 0.674. The van der Waals surface area contributed by atoms with E-state index in [1.807, 2.05) is 0 Å². The van der Waals surface area contributed by atoms with Gasteiger partial charge in [0.2, 0.25) is 0 Å². The summed E-state index contributed by atoms with van der Waals surface area (Å²) in [5.41, 5.74) is 0. The maximum Gasteiger partial charge on any atom is 0.490 e. The lowest BCUT2D eigenvalue weighted by atomic mass is 10.5. The normalized spacial score (nSPS) is 10.9. The molecule has 0 atom stereocenters. The first kappa shape index (κ1) is 12.7. The monoisotopic (exact) mass is 214 g/mol. The van der Waals surface area contributed by atoms with E-state index in [2.05, 4.69) is 9.47 Å². The molecule has 7 heteroatoms. The molecule has 0 saturated heterocycles. The standard InChI is InChI=1S/C7H9F3O4/c1-5(11)13-3-2-4-14-6(12)7(8,9)10/h2-4H2,1H3. The van der Waals surface area contributed by atoms with Gasteiger partial charge in [0.15, 0.2) is 0 Å². The number of carbonyl (C=O) groups is 2. The van der Waals surface area contributed by atoms with Crippen molar-refractivity contribution >= 4 is 11.9 Å². The molecule has 0 heterocycles. The number of esters is 2. The van der Waals surface area contributed by atoms with Crippen molar-refractivity contribution < 1.29 is 32.2 Å². The summed E-state index contributed by atoms with van der Waals surface area (Å²) in [5, 5.41) is 0. The fourth-order valence-corrected chi connectivity index (χ4v) is 0.522. The van der Waals surface area contributed by atoms with Gasteiger partial charge in [0.05, 0.1) is 13.2 Å². The maximum absolute atomic E-state index is 11.5. The lowest BCUT2D eigenvalue weighted by Gasteiger charge is -2.06. The summed E-state index contributed by atoms with van der Waals surface area (Å²) in [7, 11) is 0. The highest BCUT2D eigenvalue weighted by atomic mass is 19.4. The van der Waals surface area contributed by atoms with Gasteiger partial charge >= 0.3 is 18.1 Å². The number of halogens is 3. The van der Waals surface area contributed by atoms with Crippen LogP contribution in [0.15, 0.2) is 0 Å². The molecule has 82 valence electrons. The van der Waals surface area contributed by atoms with Gasteiger partial charge in [0, 0.05) is 13.3 Å². The van der Waals surface area contributed by atoms with Gasteiger partial charge < -0.3 is 9.47 Å². The first-order valence-corrected chi connectivity index (χ1v) is 3.71. The highest BCUT2D eigenvalue weighted by molar-refractivity contribution is 5.75. The Morgan fingerprint density at radius 3 is 2.07 bits per heavy atom. The minimum absolute atomic E-state index is 0.0431. The molecule has 0 unspecified atom stereocenters. The minimum Gasteiger partial charge on any atom is -0.466 e. The molecule has 0 spiro atoms. The van der Waals surface area contributed by atoms with E-state index in [9.17, 15) is 22.8 Å². The molecule has 0 rings (SSSR count). The number of rotatable bonds is 4. The van der Waals surface area contributed by atoms with E-state index in [1.165, 1.54) is 6.92 Å². The molecule has 0 bridgehead atoms. The van der Waals surface area contributed by atoms with Gasteiger partial charge in [-0.1, -0.05) is 0 Å². The fourth-order valence-electron chi connectivity index (χ4n) is 0.522. The van der Waals surface area contributed by atoms with Crippen LogP contribution in [0.1, 0.15) is 13.3 Å². The molecule has 0 aliphatic rings. The molecule has 0 aromatic carbocycles. The summed E-state index contributed by atoms with van der Waals surface area (Å²) < 4.78 is 42.8. The van der Waals surface area contributed by atoms with Crippen molar-refractivity contribution in [2.24, 2.45) is 0 Å². The van der Waals surface area contributed by atoms with Gasteiger partial charge in [-0.05, 0) is 0 Å². The number of carbonyl (C=O) groups excluding carboxylic acids is 2. The van der Waals surface area contributed by atoms with Crippen LogP contribution in [0.4, 0.5) is 13.2 Å². The van der Waals surface area contributed by atoms with E-state index in [1.54, 1.807) is 0 Å². The third-order valence-corrected chi connectivity index (χ3v) is 1.06. The molecule has 0 aliphatic carbocycles. The molecule has 0 aromatic rings. The Morgan fingerprint density at radius 2 is 1.64 bits per heavy atom. The summed E-state index contributed by atoms with van der Waals surface area (Å²) in [6.07, 6.45) is -4.93. The van der Waals surface area contributed by atoms with Gasteiger partial charge in [-0.2, -0.15) is 13.2 Å². The van der Waals surface area contributed by atoms with Gasteiger partial charge in [-0.15, -0.1) is 0 Å². The second-order valence-electron chi connectivity index (χ2n) is 2.33. The van der Waals surface area contributed by atoms with Crippen molar-refractivity contribution in [3.63, 3.8) is 0 Å². The van der Waals surface area contributed by atoms with Crippen LogP contribution in [0, 0.1) is 0 Å². The number of hydrogen-bond acceptors (Lipinski definition) is 4. The van der Waals surface area contributed by atoms with E-state index in [-0.39, 0.29) is 13.0 Å². The smallest absolute Gasteiger partial charge is 0.466 e. The van der Waals surface area contributed by atoms with E-state index in [4.69, 9.17) is 0 Å². The van der Waals surface area contributed by atoms with Crippen LogP contribution in [0.5, 0.6) is 0 Å². The highest BCUT2D eigenvalue weighted by Crippen LogP contribution is 2.16. The predicted octanol–water partition coefficient (Wildman–Crippen LogP) is 1.05. The summed E-state index contributed by atoms with van der Waals surface area (Å²) in [6, 6.07) is 0. The lowest BCUT2D eigenvalue weighted by Crippen LogP contribution is -2.26. The van der Waals surface area contributed by atoms with Crippen LogP contribution >= 0.6 is 0 Å². The van der Waals surface area contributed by atoms with Crippen molar-refractivity contribution in [3.8, 4) is 0 Å². The zero-order chi connectivity index (χ0) is 11.2. The van der Waals surface area contributed by atoms with Crippen LogP contribution in [0.25, 0.3) is 0 Å². The molecular weight excluding hydrogens is 205 g/mol. The molecule has 0 aromatic heterocycles. The lowest BCUT2D eigenvalue weighted by molar-refractivity contribution is -0.199. The molecule has 0 amide bonds. The van der Waals surface area contributed by atoms with E-state index >= 15 is 0 Å². The van der Waals surface area contributed by atoms with Gasteiger partial charge in [0.25, 0.3) is 0 Å². The molecule has 0 N–H and O–H groups in total. The second-order valence-corrected chi connectivity index (χ2v) is 2.33. The van der Waals surface area contributed by atoms with E-state index < -0.39 is 24.7 Å². The first-order chi connectivity index (χ1) is 6.34. The third-order valence-electron chi connectivity index (χ3n) is 1.06. The largest absolute Gasteiger partial charge is 0.490 e. The van der Waals surface area contributed by atoms with Crippen LogP contribution in [0.3, 0.4) is 0 Å². The topological polar surface area (TPSA) is 52.6 Å². The molecule has 14 heavy (non-hydrogen) atoms. The quantitative estimate of drug-likeness (QED) is 0.518. The van der Waals surface area contributed by atoms with Crippen molar-refractivity contribution in [1.82, 2.24) is 0 Å². The zero-order valence-electron chi connectivity index (χ0n) is 7.39. The summed E-state index contributed by atoms with van der Waals surface area (Å²) in [4.78, 5) is 20.3. The maximum atomic E-state index is 11.5. The van der Waals surface area contributed by atoms with Crippen LogP contribution in [0.2, 0.25) is 0 Å². The number of hydrogen-bond donors (Lipinski definition) is 0. The Labute approximate surface area is 78.0 Å². The molecular formula is C7H9F3O4. The minimum atomic E-state index is -4.97. The Hall–Kier alpha value is -1.27. The number of alkyl halides is 3. The molecule has 0 radical (unpaired) electrons. The average molecular weight is 214 g/mol. The first-order valence-electron chi connectivity index (χ1n) is 3.71. The van der Waals surface area contributed by atoms with Gasteiger partial charge in [-0.25, -0.2) is 4.79 Å². The zero-order valence-corrected chi connectivity index (χ0v) is 7.39. The summed E-state index contributed by atoms with van der Waals surface area (Å²) >= 11 is 0. The molecule has 0 saturated carbocycles. The van der Waals surface area contributed by atoms with Crippen LogP contribution < -0.4 is 0 Å². The predicted molar refractivity (Wildman–Crippen MR) is 38.3 cm³/mol. The van der Waals surface area contributed by atoms with E-state index in [0.29, 0.717) is 0 Å². The molecule has 0 fully saturated rings. The SMILES string of the molecule is CC(=O)OCCCOC(=O)C(F)(F)F. The Kier molecular flexibility index (Phi) is 4.96. The van der Waals surface area contributed by atoms with Crippen molar-refractivity contribution in [2.45, 2.75) is 19.5 Å². The van der Waals surface area contributed by atoms with Crippen molar-refractivity contribution in [1.29, 1.82) is 0 Å². The van der Waals surface area contributed by atoms with Crippen molar-refractivity contribution in [2.75, 3.05) is 13.2 Å². The van der Waals surface area contributed by atoms with Gasteiger partial charge in [0.1, 0.15) is 0 Å². The van der Waals surface area contributed by atoms with Crippen LogP contribution in [-0.2, 0) is 19.1 Å². The molecule has 0 aliphatic heterocycles. The second kappa shape index (κ2) is 5.46. The fraction of sp³-hybridized carbons (Fsp3) is 0.714. The number of ether oxygens (including phenoxy) is 2. The third kappa shape index (κ3) is 6.27. The Morgan fingerprint density at radius 1 is 1.14 bits per heavy atom. The van der Waals surface area contributed by atoms with Crippen molar-refractivity contribution in [3.05, 3.63) is 0 Å². The molecule has 4 nitrogen and oxygen atoms in total. The van der Waals surface area contributed by atoms with Crippen LogP contribution in [-0.4, -0.2) is 31.3 Å². The summed E-state index contributed by atoms with van der Waals surface area (Å²) in [5.74, 6) is -2.77. The Bertz CT molecular complexity index is 211. The highest BCUT2D eigenvalue weighted by Gasteiger charge is 2.40. The Balaban J connectivity index is 3.46.